The van der Waals surface area contributed by atoms with Crippen LogP contribution >= 0.6 is 23.8 Å². The predicted octanol–water partition coefficient (Wildman–Crippen LogP) is 4.05. The van der Waals surface area contributed by atoms with Crippen molar-refractivity contribution in [2.24, 2.45) is 5.73 Å². The number of thiocarbonyl (C=S) groups is 1. The second-order valence-electron chi connectivity index (χ2n) is 4.95. The van der Waals surface area contributed by atoms with Gasteiger partial charge in [-0.05, 0) is 55.3 Å². The summed E-state index contributed by atoms with van der Waals surface area (Å²) in [5.74, 6) is 1.44. The van der Waals surface area contributed by atoms with E-state index in [1.165, 1.54) is 11.1 Å². The molecule has 0 fully saturated rings. The van der Waals surface area contributed by atoms with Gasteiger partial charge in [-0.2, -0.15) is 0 Å². The molecule has 0 aliphatic rings. The molecule has 2 aromatic rings. The van der Waals surface area contributed by atoms with E-state index >= 15 is 0 Å². The number of ether oxygens (including phenoxy) is 2. The molecule has 2 N–H and O–H groups in total. The van der Waals surface area contributed by atoms with Gasteiger partial charge in [0.1, 0.15) is 29.7 Å². The molecule has 3 nitrogen and oxygen atoms in total. The van der Waals surface area contributed by atoms with Crippen molar-refractivity contribution in [3.8, 4) is 11.5 Å². The van der Waals surface area contributed by atoms with Gasteiger partial charge in [0.15, 0.2) is 0 Å². The molecule has 0 aromatic heterocycles. The Morgan fingerprint density at radius 3 is 2.45 bits per heavy atom. The van der Waals surface area contributed by atoms with Gasteiger partial charge < -0.3 is 15.2 Å². The summed E-state index contributed by atoms with van der Waals surface area (Å²) >= 11 is 10.9. The SMILES string of the molecule is Cc1ccc(OCCOc2ccc(Cl)cc2C(N)=S)cc1C. The quantitative estimate of drug-likeness (QED) is 0.639. The Kier molecular flexibility index (Phi) is 5.63. The maximum absolute atomic E-state index is 5.93. The van der Waals surface area contributed by atoms with Gasteiger partial charge in [-0.3, -0.25) is 0 Å². The van der Waals surface area contributed by atoms with Crippen LogP contribution in [0.15, 0.2) is 36.4 Å². The molecule has 0 aliphatic carbocycles. The van der Waals surface area contributed by atoms with Gasteiger partial charge in [0.25, 0.3) is 0 Å². The zero-order chi connectivity index (χ0) is 16.1. The van der Waals surface area contributed by atoms with Crippen molar-refractivity contribution in [1.82, 2.24) is 0 Å². The summed E-state index contributed by atoms with van der Waals surface area (Å²) in [6.45, 7) is 4.95. The molecule has 22 heavy (non-hydrogen) atoms. The molecular weight excluding hydrogens is 318 g/mol. The predicted molar refractivity (Wildman–Crippen MR) is 94.2 cm³/mol. The molecule has 0 unspecified atom stereocenters. The highest BCUT2D eigenvalue weighted by Gasteiger charge is 2.07. The lowest BCUT2D eigenvalue weighted by Gasteiger charge is -2.12. The highest BCUT2D eigenvalue weighted by molar-refractivity contribution is 7.80. The molecule has 0 atom stereocenters. The fourth-order valence-corrected chi connectivity index (χ4v) is 2.27. The van der Waals surface area contributed by atoms with Gasteiger partial charge in [-0.15, -0.1) is 0 Å². The third-order valence-corrected chi connectivity index (χ3v) is 3.75. The van der Waals surface area contributed by atoms with E-state index in [1.807, 2.05) is 18.2 Å². The maximum Gasteiger partial charge on any atom is 0.129 e. The molecule has 0 spiro atoms. The van der Waals surface area contributed by atoms with Crippen LogP contribution < -0.4 is 15.2 Å². The second-order valence-corrected chi connectivity index (χ2v) is 5.82. The van der Waals surface area contributed by atoms with Crippen molar-refractivity contribution in [1.29, 1.82) is 0 Å². The highest BCUT2D eigenvalue weighted by Crippen LogP contribution is 2.23. The lowest BCUT2D eigenvalue weighted by Crippen LogP contribution is -2.14. The summed E-state index contributed by atoms with van der Waals surface area (Å²) in [6, 6.07) is 11.2. The fourth-order valence-electron chi connectivity index (χ4n) is 1.94. The summed E-state index contributed by atoms with van der Waals surface area (Å²) < 4.78 is 11.4. The number of hydrogen-bond donors (Lipinski definition) is 1. The van der Waals surface area contributed by atoms with Crippen molar-refractivity contribution in [3.05, 3.63) is 58.1 Å². The molecule has 2 rings (SSSR count). The molecule has 0 amide bonds. The number of hydrogen-bond acceptors (Lipinski definition) is 3. The minimum absolute atomic E-state index is 0.257. The van der Waals surface area contributed by atoms with E-state index in [1.54, 1.807) is 18.2 Å². The van der Waals surface area contributed by atoms with E-state index < -0.39 is 0 Å². The molecule has 0 saturated carbocycles. The van der Waals surface area contributed by atoms with E-state index in [2.05, 4.69) is 13.8 Å². The third-order valence-electron chi connectivity index (χ3n) is 3.30. The summed E-state index contributed by atoms with van der Waals surface area (Å²) in [5.41, 5.74) is 8.75. The van der Waals surface area contributed by atoms with Crippen molar-refractivity contribution >= 4 is 28.8 Å². The topological polar surface area (TPSA) is 44.5 Å². The normalized spacial score (nSPS) is 10.3. The van der Waals surface area contributed by atoms with Crippen LogP contribution in [-0.4, -0.2) is 18.2 Å². The summed E-state index contributed by atoms with van der Waals surface area (Å²) in [6.07, 6.45) is 0. The monoisotopic (exact) mass is 335 g/mol. The number of aryl methyl sites for hydroxylation is 2. The average molecular weight is 336 g/mol. The molecule has 0 bridgehead atoms. The second kappa shape index (κ2) is 7.47. The standard InChI is InChI=1S/C17H18ClNO2S/c1-11-3-5-14(9-12(11)2)20-7-8-21-16-6-4-13(18)10-15(16)17(19)22/h3-6,9-10H,7-8H2,1-2H3,(H2,19,22). The molecule has 0 heterocycles. The average Bonchev–Trinajstić information content (AvgIpc) is 2.48. The first-order valence-electron chi connectivity index (χ1n) is 6.89. The van der Waals surface area contributed by atoms with E-state index in [9.17, 15) is 0 Å². The Balaban J connectivity index is 1.91. The van der Waals surface area contributed by atoms with Crippen LogP contribution in [0.2, 0.25) is 5.02 Å². The molecule has 0 saturated heterocycles. The molecule has 5 heteroatoms. The Bertz CT molecular complexity index is 688. The van der Waals surface area contributed by atoms with Crippen LogP contribution in [0.3, 0.4) is 0 Å². The lowest BCUT2D eigenvalue weighted by molar-refractivity contribution is 0.217. The summed E-state index contributed by atoms with van der Waals surface area (Å²) in [4.78, 5) is 0.257. The fraction of sp³-hybridized carbons (Fsp3) is 0.235. The third kappa shape index (κ3) is 4.36. The molecule has 0 radical (unpaired) electrons. The minimum Gasteiger partial charge on any atom is -0.490 e. The van der Waals surface area contributed by atoms with Crippen molar-refractivity contribution < 1.29 is 9.47 Å². The first-order chi connectivity index (χ1) is 10.5. The van der Waals surface area contributed by atoms with Crippen molar-refractivity contribution in [3.63, 3.8) is 0 Å². The zero-order valence-corrected chi connectivity index (χ0v) is 14.1. The van der Waals surface area contributed by atoms with E-state index in [0.29, 0.717) is 29.5 Å². The zero-order valence-electron chi connectivity index (χ0n) is 12.6. The smallest absolute Gasteiger partial charge is 0.129 e. The van der Waals surface area contributed by atoms with Crippen molar-refractivity contribution in [2.45, 2.75) is 13.8 Å². The minimum atomic E-state index is 0.257. The van der Waals surface area contributed by atoms with E-state index in [0.717, 1.165) is 5.75 Å². The highest BCUT2D eigenvalue weighted by atomic mass is 35.5. The van der Waals surface area contributed by atoms with Gasteiger partial charge in [-0.1, -0.05) is 29.9 Å². The van der Waals surface area contributed by atoms with E-state index in [4.69, 9.17) is 39.0 Å². The molecule has 2 aromatic carbocycles. The van der Waals surface area contributed by atoms with Crippen LogP contribution in [0, 0.1) is 13.8 Å². The van der Waals surface area contributed by atoms with Crippen LogP contribution in [0.25, 0.3) is 0 Å². The molecule has 116 valence electrons. The first kappa shape index (κ1) is 16.6. The van der Waals surface area contributed by atoms with Crippen LogP contribution in [0.1, 0.15) is 16.7 Å². The number of benzene rings is 2. The molecule has 0 aliphatic heterocycles. The van der Waals surface area contributed by atoms with Crippen molar-refractivity contribution in [2.75, 3.05) is 13.2 Å². The number of nitrogens with two attached hydrogens (primary N) is 1. The van der Waals surface area contributed by atoms with Gasteiger partial charge >= 0.3 is 0 Å². The van der Waals surface area contributed by atoms with E-state index in [-0.39, 0.29) is 4.99 Å². The van der Waals surface area contributed by atoms with Crippen LogP contribution in [0.4, 0.5) is 0 Å². The Morgan fingerprint density at radius 2 is 1.77 bits per heavy atom. The van der Waals surface area contributed by atoms with Crippen LogP contribution in [0.5, 0.6) is 11.5 Å². The summed E-state index contributed by atoms with van der Waals surface area (Å²) in [7, 11) is 0. The van der Waals surface area contributed by atoms with Gasteiger partial charge in [-0.25, -0.2) is 0 Å². The first-order valence-corrected chi connectivity index (χ1v) is 7.68. The Hall–Kier alpha value is -1.78. The summed E-state index contributed by atoms with van der Waals surface area (Å²) in [5, 5.41) is 0.571. The molecular formula is C17H18ClNO2S. The Morgan fingerprint density at radius 1 is 1.05 bits per heavy atom. The number of halogens is 1. The van der Waals surface area contributed by atoms with Gasteiger partial charge in [0, 0.05) is 5.02 Å². The number of rotatable bonds is 6. The lowest BCUT2D eigenvalue weighted by atomic mass is 10.1. The van der Waals surface area contributed by atoms with Crippen LogP contribution in [-0.2, 0) is 0 Å². The Labute approximate surface area is 141 Å². The maximum atomic E-state index is 5.93. The largest absolute Gasteiger partial charge is 0.490 e. The van der Waals surface area contributed by atoms with Gasteiger partial charge in [0.2, 0.25) is 0 Å². The van der Waals surface area contributed by atoms with Gasteiger partial charge in [0.05, 0.1) is 5.56 Å².